The van der Waals surface area contributed by atoms with E-state index in [9.17, 15) is 0 Å². The van der Waals surface area contributed by atoms with Crippen LogP contribution in [-0.2, 0) is 6.54 Å². The lowest BCUT2D eigenvalue weighted by Gasteiger charge is -2.07. The van der Waals surface area contributed by atoms with Crippen molar-refractivity contribution in [1.82, 2.24) is 15.1 Å². The number of rotatable bonds is 4. The average Bonchev–Trinajstić information content (AvgIpc) is 2.72. The Hall–Kier alpha value is -1.32. The van der Waals surface area contributed by atoms with Crippen molar-refractivity contribution >= 4 is 11.6 Å². The van der Waals surface area contributed by atoms with Crippen molar-refractivity contribution in [3.8, 4) is 5.69 Å². The standard InChI is InChI=1S/C14H18ClN3/c1-4-16-8-12-9-17-18(11(12)3)13-6-5-10(2)14(15)7-13/h5-7,9,16H,4,8H2,1-3H3. The Morgan fingerprint density at radius 2 is 2.11 bits per heavy atom. The average molecular weight is 264 g/mol. The molecule has 2 aromatic rings. The Morgan fingerprint density at radius 1 is 1.33 bits per heavy atom. The molecule has 1 heterocycles. The van der Waals surface area contributed by atoms with Gasteiger partial charge >= 0.3 is 0 Å². The Labute approximate surface area is 113 Å². The summed E-state index contributed by atoms with van der Waals surface area (Å²) in [4.78, 5) is 0. The van der Waals surface area contributed by atoms with E-state index in [2.05, 4.69) is 24.3 Å². The van der Waals surface area contributed by atoms with Crippen molar-refractivity contribution in [2.24, 2.45) is 0 Å². The van der Waals surface area contributed by atoms with Gasteiger partial charge in [-0.15, -0.1) is 0 Å². The molecule has 0 saturated heterocycles. The van der Waals surface area contributed by atoms with Gasteiger partial charge in [-0.3, -0.25) is 0 Å². The van der Waals surface area contributed by atoms with Gasteiger partial charge in [0.15, 0.2) is 0 Å². The first kappa shape index (κ1) is 13.1. The van der Waals surface area contributed by atoms with Crippen molar-refractivity contribution < 1.29 is 0 Å². The van der Waals surface area contributed by atoms with Crippen LogP contribution < -0.4 is 5.32 Å². The highest BCUT2D eigenvalue weighted by Gasteiger charge is 2.08. The second kappa shape index (κ2) is 5.55. The number of aryl methyl sites for hydroxylation is 1. The number of hydrogen-bond donors (Lipinski definition) is 1. The molecule has 18 heavy (non-hydrogen) atoms. The number of nitrogens with zero attached hydrogens (tertiary/aromatic N) is 2. The van der Waals surface area contributed by atoms with Crippen LogP contribution in [0.15, 0.2) is 24.4 Å². The minimum absolute atomic E-state index is 0.774. The van der Waals surface area contributed by atoms with Gasteiger partial charge in [0.2, 0.25) is 0 Å². The first-order chi connectivity index (χ1) is 8.63. The Morgan fingerprint density at radius 3 is 2.78 bits per heavy atom. The molecule has 1 aromatic carbocycles. The SMILES string of the molecule is CCNCc1cnn(-c2ccc(C)c(Cl)c2)c1C. The van der Waals surface area contributed by atoms with Crippen LogP contribution in [0.5, 0.6) is 0 Å². The van der Waals surface area contributed by atoms with Crippen molar-refractivity contribution in [3.63, 3.8) is 0 Å². The molecular weight excluding hydrogens is 246 g/mol. The fourth-order valence-corrected chi connectivity index (χ4v) is 2.03. The number of aromatic nitrogens is 2. The summed E-state index contributed by atoms with van der Waals surface area (Å²) in [6, 6.07) is 6.01. The number of nitrogens with one attached hydrogen (secondary N) is 1. The van der Waals surface area contributed by atoms with Crippen LogP contribution in [0.25, 0.3) is 5.69 Å². The second-order valence-corrected chi connectivity index (χ2v) is 4.79. The van der Waals surface area contributed by atoms with Gasteiger partial charge in [0.25, 0.3) is 0 Å². The maximum absolute atomic E-state index is 6.15. The van der Waals surface area contributed by atoms with E-state index in [1.807, 2.05) is 36.0 Å². The van der Waals surface area contributed by atoms with Crippen LogP contribution in [0, 0.1) is 13.8 Å². The molecule has 0 aliphatic carbocycles. The fraction of sp³-hybridized carbons (Fsp3) is 0.357. The zero-order chi connectivity index (χ0) is 13.1. The first-order valence-corrected chi connectivity index (χ1v) is 6.52. The predicted molar refractivity (Wildman–Crippen MR) is 75.4 cm³/mol. The monoisotopic (exact) mass is 263 g/mol. The summed E-state index contributed by atoms with van der Waals surface area (Å²) < 4.78 is 1.93. The van der Waals surface area contributed by atoms with E-state index < -0.39 is 0 Å². The molecule has 0 bridgehead atoms. The molecule has 0 aliphatic rings. The van der Waals surface area contributed by atoms with Gasteiger partial charge < -0.3 is 5.32 Å². The highest BCUT2D eigenvalue weighted by atomic mass is 35.5. The fourth-order valence-electron chi connectivity index (χ4n) is 1.85. The zero-order valence-corrected chi connectivity index (χ0v) is 11.8. The lowest BCUT2D eigenvalue weighted by atomic mass is 10.2. The van der Waals surface area contributed by atoms with Crippen molar-refractivity contribution in [1.29, 1.82) is 0 Å². The van der Waals surface area contributed by atoms with Crippen LogP contribution >= 0.6 is 11.6 Å². The van der Waals surface area contributed by atoms with Crippen LogP contribution in [0.3, 0.4) is 0 Å². The molecule has 0 spiro atoms. The van der Waals surface area contributed by atoms with Crippen molar-refractivity contribution in [3.05, 3.63) is 46.2 Å². The van der Waals surface area contributed by atoms with Crippen molar-refractivity contribution in [2.75, 3.05) is 6.54 Å². The van der Waals surface area contributed by atoms with E-state index in [0.717, 1.165) is 35.1 Å². The van der Waals surface area contributed by atoms with Crippen LogP contribution in [0.2, 0.25) is 5.02 Å². The molecule has 0 amide bonds. The third-order valence-electron chi connectivity index (χ3n) is 3.08. The molecule has 1 N–H and O–H groups in total. The summed E-state index contributed by atoms with van der Waals surface area (Å²) in [5.74, 6) is 0. The smallest absolute Gasteiger partial charge is 0.0663 e. The highest BCUT2D eigenvalue weighted by molar-refractivity contribution is 6.31. The van der Waals surface area contributed by atoms with Gasteiger partial charge in [0, 0.05) is 22.8 Å². The summed E-state index contributed by atoms with van der Waals surface area (Å²) in [6.45, 7) is 7.98. The lowest BCUT2D eigenvalue weighted by Crippen LogP contribution is -2.12. The van der Waals surface area contributed by atoms with E-state index in [0.29, 0.717) is 0 Å². The molecule has 96 valence electrons. The summed E-state index contributed by atoms with van der Waals surface area (Å²) >= 11 is 6.15. The molecule has 0 fully saturated rings. The maximum Gasteiger partial charge on any atom is 0.0663 e. The first-order valence-electron chi connectivity index (χ1n) is 6.14. The van der Waals surface area contributed by atoms with Gasteiger partial charge in [0.1, 0.15) is 0 Å². The molecule has 2 rings (SSSR count). The Kier molecular flexibility index (Phi) is 4.04. The zero-order valence-electron chi connectivity index (χ0n) is 11.0. The molecule has 0 radical (unpaired) electrons. The van der Waals surface area contributed by atoms with Crippen LogP contribution in [-0.4, -0.2) is 16.3 Å². The van der Waals surface area contributed by atoms with Crippen molar-refractivity contribution in [2.45, 2.75) is 27.3 Å². The Balaban J connectivity index is 2.33. The molecular formula is C14H18ClN3. The minimum atomic E-state index is 0.774. The maximum atomic E-state index is 6.15. The van der Waals surface area contributed by atoms with Gasteiger partial charge in [-0.2, -0.15) is 5.10 Å². The van der Waals surface area contributed by atoms with E-state index >= 15 is 0 Å². The largest absolute Gasteiger partial charge is 0.313 e. The van der Waals surface area contributed by atoms with E-state index in [1.165, 1.54) is 5.56 Å². The quantitative estimate of drug-likeness (QED) is 0.918. The predicted octanol–water partition coefficient (Wildman–Crippen LogP) is 3.25. The Bertz CT molecular complexity index is 546. The molecule has 3 nitrogen and oxygen atoms in total. The summed E-state index contributed by atoms with van der Waals surface area (Å²) in [5.41, 5.74) is 4.45. The molecule has 0 aliphatic heterocycles. The summed E-state index contributed by atoms with van der Waals surface area (Å²) in [7, 11) is 0. The lowest BCUT2D eigenvalue weighted by molar-refractivity contribution is 0.721. The molecule has 0 saturated carbocycles. The summed E-state index contributed by atoms with van der Waals surface area (Å²) in [6.07, 6.45) is 1.91. The van der Waals surface area contributed by atoms with E-state index in [1.54, 1.807) is 0 Å². The van der Waals surface area contributed by atoms with Gasteiger partial charge in [-0.1, -0.05) is 24.6 Å². The van der Waals surface area contributed by atoms with Crippen LogP contribution in [0.1, 0.15) is 23.7 Å². The van der Waals surface area contributed by atoms with E-state index in [4.69, 9.17) is 11.6 Å². The van der Waals surface area contributed by atoms with Gasteiger partial charge in [-0.25, -0.2) is 4.68 Å². The van der Waals surface area contributed by atoms with Crippen LogP contribution in [0.4, 0.5) is 0 Å². The highest BCUT2D eigenvalue weighted by Crippen LogP contribution is 2.21. The third-order valence-corrected chi connectivity index (χ3v) is 3.48. The number of halogens is 1. The molecule has 0 unspecified atom stereocenters. The minimum Gasteiger partial charge on any atom is -0.313 e. The van der Waals surface area contributed by atoms with Gasteiger partial charge in [-0.05, 0) is 38.1 Å². The molecule has 0 atom stereocenters. The number of benzene rings is 1. The van der Waals surface area contributed by atoms with E-state index in [-0.39, 0.29) is 0 Å². The molecule has 1 aromatic heterocycles. The summed E-state index contributed by atoms with van der Waals surface area (Å²) in [5, 5.41) is 8.51. The number of hydrogen-bond acceptors (Lipinski definition) is 2. The molecule has 4 heteroatoms. The second-order valence-electron chi connectivity index (χ2n) is 4.38. The normalized spacial score (nSPS) is 10.9. The topological polar surface area (TPSA) is 29.9 Å². The van der Waals surface area contributed by atoms with Gasteiger partial charge in [0.05, 0.1) is 11.9 Å². The third kappa shape index (κ3) is 2.57.